The molecule has 0 bridgehead atoms. The first-order valence-electron chi connectivity index (χ1n) is 4.90. The maximum atomic E-state index is 13.6. The Labute approximate surface area is 95.5 Å². The molecular weight excluding hydrogens is 232 g/mol. The minimum atomic E-state index is -0.994. The van der Waals surface area contributed by atoms with Crippen LogP contribution in [0.4, 0.5) is 17.6 Å². The number of hydrogen-bond acceptors (Lipinski definition) is 0. The first-order chi connectivity index (χ1) is 7.99. The van der Waals surface area contributed by atoms with Gasteiger partial charge in [-0.05, 0) is 36.8 Å². The minimum Gasteiger partial charge on any atom is -0.207 e. The van der Waals surface area contributed by atoms with Crippen molar-refractivity contribution in [2.75, 3.05) is 0 Å². The van der Waals surface area contributed by atoms with Gasteiger partial charge in [-0.1, -0.05) is 0 Å². The molecule has 0 unspecified atom stereocenters. The average Bonchev–Trinajstić information content (AvgIpc) is 2.19. The van der Waals surface area contributed by atoms with Crippen molar-refractivity contribution < 1.29 is 17.6 Å². The van der Waals surface area contributed by atoms with Crippen molar-refractivity contribution in [3.8, 4) is 11.1 Å². The summed E-state index contributed by atoms with van der Waals surface area (Å²) in [7, 11) is 0. The Hall–Kier alpha value is -1.84. The van der Waals surface area contributed by atoms with Crippen LogP contribution in [0.2, 0.25) is 0 Å². The normalized spacial score (nSPS) is 10.6. The minimum absolute atomic E-state index is 0.290. The molecule has 0 radical (unpaired) electrons. The lowest BCUT2D eigenvalue weighted by molar-refractivity contribution is 0.570. The first-order valence-corrected chi connectivity index (χ1v) is 4.90. The fraction of sp³-hybridized carbons (Fsp3) is 0.0769. The van der Waals surface area contributed by atoms with Gasteiger partial charge in [0.25, 0.3) is 0 Å². The largest absolute Gasteiger partial charge is 0.207 e. The second kappa shape index (κ2) is 4.20. The summed E-state index contributed by atoms with van der Waals surface area (Å²) >= 11 is 0. The van der Waals surface area contributed by atoms with Gasteiger partial charge in [-0.25, -0.2) is 17.6 Å². The SMILES string of the molecule is Cc1cc(F)c(-c2ccc(F)cc2F)c(F)c1. The molecule has 0 nitrogen and oxygen atoms in total. The van der Waals surface area contributed by atoms with Gasteiger partial charge in [-0.15, -0.1) is 0 Å². The zero-order valence-corrected chi connectivity index (χ0v) is 8.90. The van der Waals surface area contributed by atoms with Crippen molar-refractivity contribution in [1.29, 1.82) is 0 Å². The molecule has 2 aromatic carbocycles. The molecule has 88 valence electrons. The van der Waals surface area contributed by atoms with Gasteiger partial charge in [0.05, 0.1) is 5.56 Å². The molecule has 4 heteroatoms. The maximum Gasteiger partial charge on any atom is 0.134 e. The van der Waals surface area contributed by atoms with Crippen molar-refractivity contribution >= 4 is 0 Å². The van der Waals surface area contributed by atoms with Gasteiger partial charge in [-0.2, -0.15) is 0 Å². The van der Waals surface area contributed by atoms with Crippen LogP contribution in [0.1, 0.15) is 5.56 Å². The van der Waals surface area contributed by atoms with E-state index in [1.54, 1.807) is 0 Å². The molecule has 0 spiro atoms. The lowest BCUT2D eigenvalue weighted by Crippen LogP contribution is -1.95. The molecule has 0 saturated carbocycles. The van der Waals surface area contributed by atoms with Gasteiger partial charge < -0.3 is 0 Å². The topological polar surface area (TPSA) is 0 Å². The van der Waals surface area contributed by atoms with Gasteiger partial charge in [0.15, 0.2) is 0 Å². The summed E-state index contributed by atoms with van der Waals surface area (Å²) in [4.78, 5) is 0. The second-order valence-corrected chi connectivity index (χ2v) is 3.73. The molecule has 0 aromatic heterocycles. The number of aryl methyl sites for hydroxylation is 1. The molecule has 0 fully saturated rings. The Morgan fingerprint density at radius 1 is 0.765 bits per heavy atom. The van der Waals surface area contributed by atoms with Crippen LogP contribution in [0.5, 0.6) is 0 Å². The van der Waals surface area contributed by atoms with Crippen LogP contribution in [-0.2, 0) is 0 Å². The van der Waals surface area contributed by atoms with Crippen LogP contribution in [0, 0.1) is 30.2 Å². The standard InChI is InChI=1S/C13H8F4/c1-7-4-11(16)13(12(17)5-7)9-3-2-8(14)6-10(9)15/h2-6H,1H3. The smallest absolute Gasteiger partial charge is 0.134 e. The molecule has 0 aliphatic carbocycles. The fourth-order valence-corrected chi connectivity index (χ4v) is 1.65. The zero-order chi connectivity index (χ0) is 12.6. The summed E-state index contributed by atoms with van der Waals surface area (Å²) in [5.41, 5.74) is -0.374. The van der Waals surface area contributed by atoms with E-state index in [9.17, 15) is 17.6 Å². The predicted molar refractivity (Wildman–Crippen MR) is 56.4 cm³/mol. The van der Waals surface area contributed by atoms with E-state index in [-0.39, 0.29) is 5.56 Å². The second-order valence-electron chi connectivity index (χ2n) is 3.73. The van der Waals surface area contributed by atoms with E-state index in [1.165, 1.54) is 6.92 Å². The average molecular weight is 240 g/mol. The molecule has 0 amide bonds. The van der Waals surface area contributed by atoms with E-state index in [1.807, 2.05) is 0 Å². The van der Waals surface area contributed by atoms with Gasteiger partial charge >= 0.3 is 0 Å². The lowest BCUT2D eigenvalue weighted by atomic mass is 10.0. The van der Waals surface area contributed by atoms with Crippen molar-refractivity contribution in [2.24, 2.45) is 0 Å². The summed E-state index contributed by atoms with van der Waals surface area (Å²) < 4.78 is 53.3. The van der Waals surface area contributed by atoms with Crippen molar-refractivity contribution in [3.63, 3.8) is 0 Å². The fourth-order valence-electron chi connectivity index (χ4n) is 1.65. The predicted octanol–water partition coefficient (Wildman–Crippen LogP) is 4.22. The van der Waals surface area contributed by atoms with E-state index in [2.05, 4.69) is 0 Å². The Kier molecular flexibility index (Phi) is 2.88. The van der Waals surface area contributed by atoms with E-state index in [0.717, 1.165) is 24.3 Å². The monoisotopic (exact) mass is 240 g/mol. The Morgan fingerprint density at radius 2 is 1.35 bits per heavy atom. The van der Waals surface area contributed by atoms with E-state index >= 15 is 0 Å². The van der Waals surface area contributed by atoms with E-state index < -0.39 is 28.8 Å². The number of benzene rings is 2. The van der Waals surface area contributed by atoms with Crippen LogP contribution in [0.15, 0.2) is 30.3 Å². The molecule has 2 rings (SSSR count). The maximum absolute atomic E-state index is 13.6. The highest BCUT2D eigenvalue weighted by Gasteiger charge is 2.16. The van der Waals surface area contributed by atoms with Gasteiger partial charge in [0.2, 0.25) is 0 Å². The van der Waals surface area contributed by atoms with Crippen LogP contribution in [0.3, 0.4) is 0 Å². The molecule has 0 N–H and O–H groups in total. The molecule has 0 aliphatic rings. The van der Waals surface area contributed by atoms with Crippen molar-refractivity contribution in [2.45, 2.75) is 6.92 Å². The number of hydrogen-bond donors (Lipinski definition) is 0. The summed E-state index contributed by atoms with van der Waals surface area (Å²) in [5, 5.41) is 0. The van der Waals surface area contributed by atoms with Crippen LogP contribution in [0.25, 0.3) is 11.1 Å². The van der Waals surface area contributed by atoms with E-state index in [4.69, 9.17) is 0 Å². The molecular formula is C13H8F4. The summed E-state index contributed by atoms with van der Waals surface area (Å²) in [6, 6.07) is 4.76. The quantitative estimate of drug-likeness (QED) is 0.655. The van der Waals surface area contributed by atoms with Crippen LogP contribution >= 0.6 is 0 Å². The molecule has 0 heterocycles. The summed E-state index contributed by atoms with van der Waals surface area (Å²) in [6.07, 6.45) is 0. The van der Waals surface area contributed by atoms with Crippen molar-refractivity contribution in [3.05, 3.63) is 59.2 Å². The number of halogens is 4. The van der Waals surface area contributed by atoms with Gasteiger partial charge in [0.1, 0.15) is 23.3 Å². The summed E-state index contributed by atoms with van der Waals surface area (Å²) in [6.45, 7) is 1.52. The van der Waals surface area contributed by atoms with Gasteiger partial charge in [0, 0.05) is 11.6 Å². The third kappa shape index (κ3) is 2.16. The molecule has 0 saturated heterocycles. The Morgan fingerprint density at radius 3 is 1.88 bits per heavy atom. The molecule has 17 heavy (non-hydrogen) atoms. The lowest BCUT2D eigenvalue weighted by Gasteiger charge is -2.07. The molecule has 2 aromatic rings. The van der Waals surface area contributed by atoms with E-state index in [0.29, 0.717) is 11.6 Å². The highest BCUT2D eigenvalue weighted by Crippen LogP contribution is 2.29. The first kappa shape index (κ1) is 11.6. The third-order valence-electron chi connectivity index (χ3n) is 2.39. The molecule has 0 atom stereocenters. The third-order valence-corrected chi connectivity index (χ3v) is 2.39. The van der Waals surface area contributed by atoms with Gasteiger partial charge in [-0.3, -0.25) is 0 Å². The zero-order valence-electron chi connectivity index (χ0n) is 8.90. The number of rotatable bonds is 1. The summed E-state index contributed by atoms with van der Waals surface area (Å²) in [5.74, 6) is -3.52. The Balaban J connectivity index is 2.68. The van der Waals surface area contributed by atoms with Crippen LogP contribution in [-0.4, -0.2) is 0 Å². The molecule has 0 aliphatic heterocycles. The van der Waals surface area contributed by atoms with Crippen LogP contribution < -0.4 is 0 Å². The highest BCUT2D eigenvalue weighted by molar-refractivity contribution is 5.66. The van der Waals surface area contributed by atoms with Crippen molar-refractivity contribution in [1.82, 2.24) is 0 Å². The Bertz CT molecular complexity index is 553. The highest BCUT2D eigenvalue weighted by atomic mass is 19.1.